The highest BCUT2D eigenvalue weighted by Crippen LogP contribution is 2.44. The number of carbonyl (C=O) groups excluding carboxylic acids is 2. The summed E-state index contributed by atoms with van der Waals surface area (Å²) in [4.78, 5) is 29.1. The number of fused-ring (bicyclic) bond motifs is 1. The fourth-order valence-corrected chi connectivity index (χ4v) is 5.38. The quantitative estimate of drug-likeness (QED) is 0.453. The number of nitriles is 1. The standard InChI is InChI=1S/C26H24F3N5O2S/c1-4-34-14-21(25(31-34)26(27,28)29)18-8-6-5-7-17(18)20-13-33(24(36)10-9-23(35)32(2)3)15-22-19(20)11-16(12-30)37-22/h5-11,14,20H,4,13,15H2,1-3H3/b10-9+/t20-/m0/s1. The molecule has 0 N–H and O–H groups in total. The van der Waals surface area contributed by atoms with Crippen LogP contribution >= 0.6 is 11.3 Å². The summed E-state index contributed by atoms with van der Waals surface area (Å²) in [6.45, 7) is 2.40. The van der Waals surface area contributed by atoms with E-state index in [-0.39, 0.29) is 31.1 Å². The van der Waals surface area contributed by atoms with Crippen molar-refractivity contribution in [3.05, 3.63) is 75.3 Å². The van der Waals surface area contributed by atoms with Gasteiger partial charge in [-0.25, -0.2) is 0 Å². The molecule has 3 aromatic rings. The van der Waals surface area contributed by atoms with Crippen LogP contribution in [0.5, 0.6) is 0 Å². The van der Waals surface area contributed by atoms with Crippen LogP contribution in [-0.4, -0.2) is 52.0 Å². The van der Waals surface area contributed by atoms with E-state index in [1.165, 1.54) is 39.3 Å². The molecule has 0 saturated carbocycles. The third-order valence-corrected chi connectivity index (χ3v) is 7.21. The van der Waals surface area contributed by atoms with Crippen LogP contribution in [-0.2, 0) is 28.9 Å². The highest BCUT2D eigenvalue weighted by molar-refractivity contribution is 7.12. The molecule has 192 valence electrons. The van der Waals surface area contributed by atoms with Crippen LogP contribution in [0.1, 0.15) is 39.4 Å². The maximum absolute atomic E-state index is 13.9. The van der Waals surface area contributed by atoms with Gasteiger partial charge in [0.15, 0.2) is 5.69 Å². The molecular weight excluding hydrogens is 503 g/mol. The van der Waals surface area contributed by atoms with E-state index in [1.807, 2.05) is 0 Å². The van der Waals surface area contributed by atoms with Crippen LogP contribution in [0, 0.1) is 11.3 Å². The molecule has 1 aromatic carbocycles. The van der Waals surface area contributed by atoms with E-state index in [0.29, 0.717) is 16.0 Å². The first kappa shape index (κ1) is 26.2. The average molecular weight is 528 g/mol. The summed E-state index contributed by atoms with van der Waals surface area (Å²) in [5, 5.41) is 13.3. The Morgan fingerprint density at radius 1 is 1.22 bits per heavy atom. The Labute approximate surface area is 216 Å². The molecule has 0 aliphatic carbocycles. The van der Waals surface area contributed by atoms with Gasteiger partial charge >= 0.3 is 6.18 Å². The predicted octanol–water partition coefficient (Wildman–Crippen LogP) is 4.64. The van der Waals surface area contributed by atoms with Gasteiger partial charge in [-0.05, 0) is 29.7 Å². The van der Waals surface area contributed by atoms with Crippen molar-refractivity contribution in [3.8, 4) is 17.2 Å². The van der Waals surface area contributed by atoms with Crippen molar-refractivity contribution in [2.75, 3.05) is 20.6 Å². The van der Waals surface area contributed by atoms with Gasteiger partial charge in [0.1, 0.15) is 10.9 Å². The summed E-state index contributed by atoms with van der Waals surface area (Å²) in [6, 6.07) is 10.6. The largest absolute Gasteiger partial charge is 0.435 e. The van der Waals surface area contributed by atoms with Gasteiger partial charge in [-0.3, -0.25) is 14.3 Å². The Kier molecular flexibility index (Phi) is 7.23. The number of thiophene rings is 1. The smallest absolute Gasteiger partial charge is 0.345 e. The molecule has 7 nitrogen and oxygen atoms in total. The summed E-state index contributed by atoms with van der Waals surface area (Å²) in [5.74, 6) is -1.22. The van der Waals surface area contributed by atoms with E-state index in [0.717, 1.165) is 10.4 Å². The second-order valence-corrected chi connectivity index (χ2v) is 9.91. The van der Waals surface area contributed by atoms with E-state index in [4.69, 9.17) is 0 Å². The van der Waals surface area contributed by atoms with Crippen molar-refractivity contribution >= 4 is 23.2 Å². The van der Waals surface area contributed by atoms with Gasteiger partial charge in [0, 0.05) is 61.9 Å². The van der Waals surface area contributed by atoms with E-state index >= 15 is 0 Å². The number of hydrogen-bond donors (Lipinski definition) is 0. The van der Waals surface area contributed by atoms with E-state index in [1.54, 1.807) is 56.3 Å². The van der Waals surface area contributed by atoms with E-state index < -0.39 is 23.7 Å². The zero-order valence-electron chi connectivity index (χ0n) is 20.4. The molecule has 0 bridgehead atoms. The van der Waals surface area contributed by atoms with Crippen molar-refractivity contribution in [3.63, 3.8) is 0 Å². The maximum Gasteiger partial charge on any atom is 0.435 e. The third-order valence-electron chi connectivity index (χ3n) is 6.17. The van der Waals surface area contributed by atoms with Crippen LogP contribution in [0.25, 0.3) is 11.1 Å². The molecule has 37 heavy (non-hydrogen) atoms. The van der Waals surface area contributed by atoms with Gasteiger partial charge < -0.3 is 9.80 Å². The number of aryl methyl sites for hydroxylation is 1. The minimum absolute atomic E-state index is 0.0397. The second kappa shape index (κ2) is 10.2. The molecule has 2 amide bonds. The highest BCUT2D eigenvalue weighted by atomic mass is 32.1. The molecule has 3 heterocycles. The van der Waals surface area contributed by atoms with Crippen molar-refractivity contribution in [1.29, 1.82) is 5.26 Å². The highest BCUT2D eigenvalue weighted by Gasteiger charge is 2.39. The third kappa shape index (κ3) is 5.29. The summed E-state index contributed by atoms with van der Waals surface area (Å²) < 4.78 is 43.0. The Morgan fingerprint density at radius 2 is 1.95 bits per heavy atom. The van der Waals surface area contributed by atoms with Crippen LogP contribution < -0.4 is 0 Å². The summed E-state index contributed by atoms with van der Waals surface area (Å²) in [6.07, 6.45) is -0.881. The first-order chi connectivity index (χ1) is 17.5. The van der Waals surface area contributed by atoms with Crippen LogP contribution in [0.2, 0.25) is 0 Å². The minimum atomic E-state index is -4.65. The summed E-state index contributed by atoms with van der Waals surface area (Å²) in [5.41, 5.74) is 0.754. The fourth-order valence-electron chi connectivity index (χ4n) is 4.34. The number of aromatic nitrogens is 2. The number of likely N-dealkylation sites (N-methyl/N-ethyl adjacent to an activating group) is 1. The molecule has 2 aromatic heterocycles. The molecule has 0 spiro atoms. The topological polar surface area (TPSA) is 82.2 Å². The lowest BCUT2D eigenvalue weighted by molar-refractivity contribution is -0.141. The zero-order chi connectivity index (χ0) is 26.9. The van der Waals surface area contributed by atoms with Gasteiger partial charge in [0.05, 0.1) is 6.54 Å². The fraction of sp³-hybridized carbons (Fsp3) is 0.308. The minimum Gasteiger partial charge on any atom is -0.345 e. The number of nitrogens with zero attached hydrogens (tertiary/aromatic N) is 5. The summed E-state index contributed by atoms with van der Waals surface area (Å²) >= 11 is 1.25. The monoisotopic (exact) mass is 527 g/mol. The van der Waals surface area contributed by atoms with Gasteiger partial charge in [0.25, 0.3) is 0 Å². The van der Waals surface area contributed by atoms with Crippen LogP contribution in [0.15, 0.2) is 48.7 Å². The lowest BCUT2D eigenvalue weighted by Gasteiger charge is -2.33. The Hall–Kier alpha value is -3.91. The van der Waals surface area contributed by atoms with Crippen molar-refractivity contribution in [2.24, 2.45) is 0 Å². The lowest BCUT2D eigenvalue weighted by atomic mass is 9.83. The van der Waals surface area contributed by atoms with Gasteiger partial charge in [-0.1, -0.05) is 24.3 Å². The normalized spacial score (nSPS) is 15.5. The van der Waals surface area contributed by atoms with Gasteiger partial charge in [-0.2, -0.15) is 23.5 Å². The predicted molar refractivity (Wildman–Crippen MR) is 132 cm³/mol. The van der Waals surface area contributed by atoms with Crippen molar-refractivity contribution < 1.29 is 22.8 Å². The molecule has 0 fully saturated rings. The van der Waals surface area contributed by atoms with Crippen LogP contribution in [0.3, 0.4) is 0 Å². The Balaban J connectivity index is 1.81. The molecular formula is C26H24F3N5O2S. The van der Waals surface area contributed by atoms with Crippen molar-refractivity contribution in [1.82, 2.24) is 19.6 Å². The van der Waals surface area contributed by atoms with Crippen molar-refractivity contribution in [2.45, 2.75) is 32.1 Å². The molecule has 1 aliphatic heterocycles. The number of rotatable bonds is 5. The Morgan fingerprint density at radius 3 is 2.59 bits per heavy atom. The number of benzene rings is 1. The second-order valence-electron chi connectivity index (χ2n) is 8.77. The number of carbonyl (C=O) groups is 2. The lowest BCUT2D eigenvalue weighted by Crippen LogP contribution is -2.37. The molecule has 11 heteroatoms. The molecule has 0 radical (unpaired) electrons. The zero-order valence-corrected chi connectivity index (χ0v) is 21.2. The first-order valence-electron chi connectivity index (χ1n) is 11.5. The molecule has 4 rings (SSSR count). The van der Waals surface area contributed by atoms with Crippen LogP contribution in [0.4, 0.5) is 13.2 Å². The van der Waals surface area contributed by atoms with E-state index in [9.17, 15) is 28.0 Å². The number of amides is 2. The number of alkyl halides is 3. The first-order valence-corrected chi connectivity index (χ1v) is 12.3. The van der Waals surface area contributed by atoms with Gasteiger partial charge in [-0.15, -0.1) is 11.3 Å². The molecule has 1 atom stereocenters. The number of halogens is 3. The number of hydrogen-bond acceptors (Lipinski definition) is 5. The Bertz CT molecular complexity index is 1410. The SMILES string of the molecule is CCn1cc(-c2ccccc2[C@@H]2CN(C(=O)/C=C/C(=O)N(C)C)Cc3sc(C#N)cc32)c(C(F)(F)F)n1. The molecule has 1 aliphatic rings. The average Bonchev–Trinajstić information content (AvgIpc) is 3.50. The molecule has 0 saturated heterocycles. The van der Waals surface area contributed by atoms with E-state index in [2.05, 4.69) is 11.2 Å². The van der Waals surface area contributed by atoms with Gasteiger partial charge in [0.2, 0.25) is 11.8 Å². The maximum atomic E-state index is 13.9. The molecule has 0 unspecified atom stereocenters. The summed E-state index contributed by atoms with van der Waals surface area (Å²) in [7, 11) is 3.14.